The van der Waals surface area contributed by atoms with Crippen LogP contribution >= 0.6 is 23.1 Å². The van der Waals surface area contributed by atoms with Crippen molar-refractivity contribution in [2.45, 2.75) is 12.3 Å². The average Bonchev–Trinajstić information content (AvgIpc) is 3.23. The second-order valence-corrected chi connectivity index (χ2v) is 8.13. The first kappa shape index (κ1) is 21.7. The number of carbonyl (C=O) groups is 2. The van der Waals surface area contributed by atoms with Gasteiger partial charge in [-0.3, -0.25) is 9.59 Å². The van der Waals surface area contributed by atoms with Gasteiger partial charge in [0, 0.05) is 18.0 Å². The number of rotatable bonds is 9. The number of halogens is 1. The second kappa shape index (κ2) is 10.7. The van der Waals surface area contributed by atoms with Crippen LogP contribution in [0.1, 0.15) is 20.4 Å². The fraction of sp³-hybridized carbons (Fsp3) is 0.200. The lowest BCUT2D eigenvalue weighted by molar-refractivity contribution is -0.118. The third-order valence-corrected chi connectivity index (χ3v) is 5.89. The summed E-state index contributed by atoms with van der Waals surface area (Å²) in [5.74, 6) is 0.588. The zero-order chi connectivity index (χ0) is 21.3. The highest BCUT2D eigenvalue weighted by Crippen LogP contribution is 2.18. The van der Waals surface area contributed by atoms with Crippen LogP contribution in [-0.4, -0.2) is 34.9 Å². The summed E-state index contributed by atoms with van der Waals surface area (Å²) in [4.78, 5) is 24.2. The molecule has 2 N–H and O–H groups in total. The fourth-order valence-corrected chi connectivity index (χ4v) is 4.02. The molecular formula is C20H19FN4O3S2. The Bertz CT molecular complexity index is 1010. The van der Waals surface area contributed by atoms with E-state index < -0.39 is 5.91 Å². The molecule has 0 aliphatic rings. The average molecular weight is 447 g/mol. The van der Waals surface area contributed by atoms with Crippen molar-refractivity contribution < 1.29 is 18.7 Å². The van der Waals surface area contributed by atoms with Gasteiger partial charge in [-0.25, -0.2) is 4.39 Å². The second-order valence-electron chi connectivity index (χ2n) is 6.08. The molecule has 156 valence electrons. The van der Waals surface area contributed by atoms with Crippen LogP contribution in [-0.2, 0) is 17.1 Å². The van der Waals surface area contributed by atoms with E-state index in [0.717, 1.165) is 22.6 Å². The number of anilines is 1. The maximum absolute atomic E-state index is 12.9. The maximum Gasteiger partial charge on any atom is 0.286 e. The first-order chi connectivity index (χ1) is 14.5. The van der Waals surface area contributed by atoms with Crippen molar-refractivity contribution in [2.24, 2.45) is 0 Å². The number of nitrogens with zero attached hydrogens (tertiary/aromatic N) is 2. The molecule has 0 radical (unpaired) electrons. The summed E-state index contributed by atoms with van der Waals surface area (Å²) in [7, 11) is 1.60. The molecule has 0 bridgehead atoms. The molecule has 1 heterocycles. The van der Waals surface area contributed by atoms with Gasteiger partial charge in [0.2, 0.25) is 10.9 Å². The first-order valence-corrected chi connectivity index (χ1v) is 10.9. The molecule has 3 rings (SSSR count). The molecule has 2 amide bonds. The lowest BCUT2D eigenvalue weighted by atomic mass is 10.2. The Kier molecular flexibility index (Phi) is 7.75. The lowest BCUT2D eigenvalue weighted by Crippen LogP contribution is -2.24. The Morgan fingerprint density at radius 1 is 1.17 bits per heavy atom. The molecular weight excluding hydrogens is 427 g/mol. The van der Waals surface area contributed by atoms with Crippen LogP contribution in [0.4, 0.5) is 10.1 Å². The highest BCUT2D eigenvalue weighted by molar-refractivity contribution is 7.99. The normalized spacial score (nSPS) is 10.5. The van der Waals surface area contributed by atoms with Gasteiger partial charge in [0.25, 0.3) is 5.91 Å². The number of benzene rings is 2. The van der Waals surface area contributed by atoms with Crippen LogP contribution < -0.4 is 15.4 Å². The molecule has 0 saturated heterocycles. The molecule has 0 unspecified atom stereocenters. The van der Waals surface area contributed by atoms with Crippen molar-refractivity contribution in [3.63, 3.8) is 0 Å². The number of thioether (sulfide) groups is 1. The topological polar surface area (TPSA) is 93.2 Å². The quantitative estimate of drug-likeness (QED) is 0.523. The summed E-state index contributed by atoms with van der Waals surface area (Å²) in [6, 6.07) is 13.0. The summed E-state index contributed by atoms with van der Waals surface area (Å²) in [5.41, 5.74) is 1.42. The van der Waals surface area contributed by atoms with Gasteiger partial charge in [-0.05, 0) is 42.0 Å². The number of hydrogen-bond donors (Lipinski definition) is 2. The van der Waals surface area contributed by atoms with Crippen LogP contribution in [0.3, 0.4) is 0 Å². The van der Waals surface area contributed by atoms with E-state index in [1.807, 2.05) is 24.3 Å². The number of carbonyl (C=O) groups excluding carboxylic acids is 2. The van der Waals surface area contributed by atoms with E-state index in [-0.39, 0.29) is 22.5 Å². The van der Waals surface area contributed by atoms with E-state index in [9.17, 15) is 14.0 Å². The summed E-state index contributed by atoms with van der Waals surface area (Å²) in [5, 5.41) is 14.2. The van der Waals surface area contributed by atoms with Crippen LogP contribution in [0.2, 0.25) is 0 Å². The first-order valence-electron chi connectivity index (χ1n) is 8.90. The minimum absolute atomic E-state index is 0.0957. The van der Waals surface area contributed by atoms with Crippen molar-refractivity contribution in [3.8, 4) is 5.75 Å². The van der Waals surface area contributed by atoms with E-state index in [2.05, 4.69) is 20.8 Å². The highest BCUT2D eigenvalue weighted by atomic mass is 32.2. The van der Waals surface area contributed by atoms with E-state index in [4.69, 9.17) is 4.74 Å². The molecule has 2 aromatic carbocycles. The number of amides is 2. The smallest absolute Gasteiger partial charge is 0.286 e. The van der Waals surface area contributed by atoms with Gasteiger partial charge >= 0.3 is 0 Å². The standard InChI is InChI=1S/C20H19FN4O3S2/c1-28-16-4-2-3-13(9-16)10-22-17(26)11-29-12-18-24-25-20(30-18)19(27)23-15-7-5-14(21)6-8-15/h2-9H,10-12H2,1H3,(H,22,26)(H,23,27). The molecule has 0 saturated carbocycles. The predicted octanol–water partition coefficient (Wildman–Crippen LogP) is 3.49. The Hall–Kier alpha value is -2.98. The Morgan fingerprint density at radius 2 is 1.97 bits per heavy atom. The molecule has 0 aliphatic carbocycles. The van der Waals surface area contributed by atoms with Gasteiger partial charge in [0.05, 0.1) is 12.9 Å². The minimum atomic E-state index is -0.411. The number of methoxy groups -OCH3 is 1. The minimum Gasteiger partial charge on any atom is -0.497 e. The van der Waals surface area contributed by atoms with Crippen molar-refractivity contribution >= 4 is 40.6 Å². The molecule has 0 aliphatic heterocycles. The van der Waals surface area contributed by atoms with Crippen molar-refractivity contribution in [3.05, 3.63) is 69.9 Å². The third kappa shape index (κ3) is 6.53. The van der Waals surface area contributed by atoms with Gasteiger partial charge in [-0.15, -0.1) is 22.0 Å². The third-order valence-electron chi connectivity index (χ3n) is 3.85. The Balaban J connectivity index is 1.40. The molecule has 7 nitrogen and oxygen atoms in total. The van der Waals surface area contributed by atoms with Crippen molar-refractivity contribution in [2.75, 3.05) is 18.2 Å². The molecule has 3 aromatic rings. The van der Waals surface area contributed by atoms with Gasteiger partial charge < -0.3 is 15.4 Å². The Morgan fingerprint density at radius 3 is 2.73 bits per heavy atom. The predicted molar refractivity (Wildman–Crippen MR) is 115 cm³/mol. The summed E-state index contributed by atoms with van der Waals surface area (Å²) in [6.45, 7) is 0.420. The van der Waals surface area contributed by atoms with Crippen LogP contribution in [0, 0.1) is 5.82 Å². The van der Waals surface area contributed by atoms with E-state index in [0.29, 0.717) is 23.0 Å². The monoisotopic (exact) mass is 446 g/mol. The molecule has 1 aromatic heterocycles. The molecule has 0 atom stereocenters. The Labute approximate surface area is 181 Å². The van der Waals surface area contributed by atoms with Crippen LogP contribution in [0.15, 0.2) is 48.5 Å². The van der Waals surface area contributed by atoms with E-state index >= 15 is 0 Å². The van der Waals surface area contributed by atoms with Crippen LogP contribution in [0.5, 0.6) is 5.75 Å². The number of nitrogens with one attached hydrogen (secondary N) is 2. The summed E-state index contributed by atoms with van der Waals surface area (Å²) < 4.78 is 18.1. The summed E-state index contributed by atoms with van der Waals surface area (Å²) in [6.07, 6.45) is 0. The SMILES string of the molecule is COc1cccc(CNC(=O)CSCc2nnc(C(=O)Nc3ccc(F)cc3)s2)c1. The molecule has 0 spiro atoms. The molecule has 0 fully saturated rings. The summed E-state index contributed by atoms with van der Waals surface area (Å²) >= 11 is 2.54. The van der Waals surface area contributed by atoms with Crippen molar-refractivity contribution in [1.82, 2.24) is 15.5 Å². The van der Waals surface area contributed by atoms with Gasteiger partial charge in [0.1, 0.15) is 16.6 Å². The highest BCUT2D eigenvalue weighted by Gasteiger charge is 2.13. The maximum atomic E-state index is 12.9. The molecule has 30 heavy (non-hydrogen) atoms. The zero-order valence-corrected chi connectivity index (χ0v) is 17.7. The van der Waals surface area contributed by atoms with Crippen LogP contribution in [0.25, 0.3) is 0 Å². The number of ether oxygens (including phenoxy) is 1. The van der Waals surface area contributed by atoms with Gasteiger partial charge in [-0.1, -0.05) is 23.5 Å². The lowest BCUT2D eigenvalue weighted by Gasteiger charge is -2.06. The van der Waals surface area contributed by atoms with Gasteiger partial charge in [-0.2, -0.15) is 0 Å². The van der Waals surface area contributed by atoms with E-state index in [1.54, 1.807) is 7.11 Å². The fourth-order valence-electron chi connectivity index (χ4n) is 2.39. The largest absolute Gasteiger partial charge is 0.497 e. The molecule has 10 heteroatoms. The van der Waals surface area contributed by atoms with Crippen molar-refractivity contribution in [1.29, 1.82) is 0 Å². The van der Waals surface area contributed by atoms with E-state index in [1.165, 1.54) is 36.0 Å². The zero-order valence-electron chi connectivity index (χ0n) is 16.1. The number of hydrogen-bond acceptors (Lipinski definition) is 7. The number of aromatic nitrogens is 2. The van der Waals surface area contributed by atoms with Gasteiger partial charge in [0.15, 0.2) is 0 Å².